The van der Waals surface area contributed by atoms with Crippen LogP contribution in [0.1, 0.15) is 44.7 Å². The lowest BCUT2D eigenvalue weighted by Crippen LogP contribution is -2.54. The molecule has 0 bridgehead atoms. The number of nitrogens with zero attached hydrogens (tertiary/aromatic N) is 1. The highest BCUT2D eigenvalue weighted by Crippen LogP contribution is 2.25. The minimum absolute atomic E-state index is 0.0564. The maximum absolute atomic E-state index is 12.8. The van der Waals surface area contributed by atoms with Gasteiger partial charge in [0.25, 0.3) is 0 Å². The lowest BCUT2D eigenvalue weighted by atomic mass is 10.1. The van der Waals surface area contributed by atoms with Crippen molar-refractivity contribution in [2.24, 2.45) is 0 Å². The molecule has 0 N–H and O–H groups in total. The van der Waals surface area contributed by atoms with Crippen molar-refractivity contribution in [1.29, 1.82) is 0 Å². The van der Waals surface area contributed by atoms with Crippen LogP contribution in [0.15, 0.2) is 60.7 Å². The Morgan fingerprint density at radius 3 is 1.88 bits per heavy atom. The molecular formula is C25H29NO7. The first-order chi connectivity index (χ1) is 15.7. The summed E-state index contributed by atoms with van der Waals surface area (Å²) < 4.78 is 16.1. The average molecular weight is 456 g/mol. The molecule has 1 saturated heterocycles. The molecule has 1 aliphatic rings. The first-order valence-electron chi connectivity index (χ1n) is 10.8. The molecule has 0 saturated carbocycles. The summed E-state index contributed by atoms with van der Waals surface area (Å²) in [6, 6.07) is 17.4. The normalized spacial score (nSPS) is 18.3. The molecule has 2 aromatic carbocycles. The van der Waals surface area contributed by atoms with E-state index in [1.807, 2.05) is 60.7 Å². The van der Waals surface area contributed by atoms with Crippen molar-refractivity contribution < 1.29 is 33.4 Å². The van der Waals surface area contributed by atoms with E-state index in [0.29, 0.717) is 0 Å². The van der Waals surface area contributed by atoms with E-state index in [2.05, 4.69) is 0 Å². The molecule has 1 amide bonds. The van der Waals surface area contributed by atoms with Crippen molar-refractivity contribution >= 4 is 18.0 Å². The quantitative estimate of drug-likeness (QED) is 0.477. The van der Waals surface area contributed by atoms with Gasteiger partial charge in [-0.15, -0.1) is 0 Å². The van der Waals surface area contributed by atoms with E-state index in [9.17, 15) is 14.4 Å². The van der Waals surface area contributed by atoms with Gasteiger partial charge in [-0.25, -0.2) is 14.4 Å². The summed E-state index contributed by atoms with van der Waals surface area (Å²) in [6.07, 6.45) is -1.56. The number of hydrogen-bond acceptors (Lipinski definition) is 7. The molecule has 2 aromatic rings. The van der Waals surface area contributed by atoms with Crippen LogP contribution in [0.5, 0.6) is 0 Å². The van der Waals surface area contributed by atoms with Crippen LogP contribution in [-0.2, 0) is 41.9 Å². The summed E-state index contributed by atoms with van der Waals surface area (Å²) in [6.45, 7) is 5.23. The second-order valence-electron chi connectivity index (χ2n) is 8.68. The van der Waals surface area contributed by atoms with Crippen LogP contribution in [0.2, 0.25) is 0 Å². The van der Waals surface area contributed by atoms with Gasteiger partial charge in [0.1, 0.15) is 18.8 Å². The van der Waals surface area contributed by atoms with Gasteiger partial charge in [-0.05, 0) is 44.7 Å². The molecule has 3 rings (SSSR count). The van der Waals surface area contributed by atoms with Crippen molar-refractivity contribution in [1.82, 2.24) is 5.06 Å². The highest BCUT2D eigenvalue weighted by atomic mass is 16.8. The molecule has 1 aliphatic heterocycles. The van der Waals surface area contributed by atoms with Crippen molar-refractivity contribution in [2.45, 2.75) is 64.6 Å². The van der Waals surface area contributed by atoms with E-state index in [-0.39, 0.29) is 26.1 Å². The van der Waals surface area contributed by atoms with Crippen molar-refractivity contribution in [3.8, 4) is 0 Å². The molecule has 0 unspecified atom stereocenters. The zero-order chi connectivity index (χ0) is 23.8. The highest BCUT2D eigenvalue weighted by molar-refractivity contribution is 5.82. The second kappa shape index (κ2) is 11.0. The van der Waals surface area contributed by atoms with E-state index < -0.39 is 35.8 Å². The fourth-order valence-electron chi connectivity index (χ4n) is 3.19. The minimum atomic E-state index is -1.04. The molecule has 0 radical (unpaired) electrons. The third-order valence-electron chi connectivity index (χ3n) is 4.78. The Morgan fingerprint density at radius 2 is 1.36 bits per heavy atom. The number of esters is 2. The van der Waals surface area contributed by atoms with Gasteiger partial charge < -0.3 is 14.2 Å². The lowest BCUT2D eigenvalue weighted by molar-refractivity contribution is -0.239. The lowest BCUT2D eigenvalue weighted by Gasteiger charge is -2.36. The smallest absolute Gasteiger partial charge is 0.435 e. The maximum Gasteiger partial charge on any atom is 0.435 e. The van der Waals surface area contributed by atoms with Gasteiger partial charge in [0, 0.05) is 0 Å². The van der Waals surface area contributed by atoms with Gasteiger partial charge >= 0.3 is 18.0 Å². The van der Waals surface area contributed by atoms with Crippen molar-refractivity contribution in [3.05, 3.63) is 71.8 Å². The molecule has 2 atom stereocenters. The Kier molecular flexibility index (Phi) is 8.06. The summed E-state index contributed by atoms with van der Waals surface area (Å²) in [5, 5.41) is 0.802. The Labute approximate surface area is 193 Å². The summed E-state index contributed by atoms with van der Waals surface area (Å²) >= 11 is 0. The number of hydrogen-bond donors (Lipinski definition) is 0. The molecule has 8 nitrogen and oxygen atoms in total. The second-order valence-corrected chi connectivity index (χ2v) is 8.68. The third kappa shape index (κ3) is 7.32. The fourth-order valence-corrected chi connectivity index (χ4v) is 3.19. The van der Waals surface area contributed by atoms with E-state index in [1.54, 1.807) is 20.8 Å². The molecule has 8 heteroatoms. The van der Waals surface area contributed by atoms with Crippen molar-refractivity contribution in [2.75, 3.05) is 0 Å². The maximum atomic E-state index is 12.8. The Bertz CT molecular complexity index is 940. The number of amides is 1. The topological polar surface area (TPSA) is 91.4 Å². The number of carbonyl (C=O) groups is 3. The van der Waals surface area contributed by atoms with Crippen molar-refractivity contribution in [3.63, 3.8) is 0 Å². The average Bonchev–Trinajstić information content (AvgIpc) is 2.81. The number of benzene rings is 2. The first kappa shape index (κ1) is 24.3. The standard InChI is InChI=1S/C25H29NO7/c1-25(2,3)32-24(29)26-20(22(27)30-16-18-10-6-4-7-11-18)14-15-21(33-26)23(28)31-17-19-12-8-5-9-13-19/h4-13,20-21H,14-17H2,1-3H3/t20-,21-/m0/s1. The van der Waals surface area contributed by atoms with Crippen LogP contribution in [0.4, 0.5) is 4.79 Å². The Hall–Kier alpha value is -3.39. The summed E-state index contributed by atoms with van der Waals surface area (Å²) in [4.78, 5) is 43.7. The Balaban J connectivity index is 1.65. The van der Waals surface area contributed by atoms with Gasteiger partial charge in [0.2, 0.25) is 0 Å². The van der Waals surface area contributed by atoms with Gasteiger partial charge in [-0.2, -0.15) is 5.06 Å². The van der Waals surface area contributed by atoms with Crippen LogP contribution in [0.25, 0.3) is 0 Å². The zero-order valence-electron chi connectivity index (χ0n) is 19.1. The van der Waals surface area contributed by atoms with Gasteiger partial charge in [-0.3, -0.25) is 4.84 Å². The predicted molar refractivity (Wildman–Crippen MR) is 118 cm³/mol. The summed E-state index contributed by atoms with van der Waals surface area (Å²) in [5.41, 5.74) is 0.821. The van der Waals surface area contributed by atoms with Crippen LogP contribution < -0.4 is 0 Å². The monoisotopic (exact) mass is 455 g/mol. The van der Waals surface area contributed by atoms with Crippen LogP contribution >= 0.6 is 0 Å². The van der Waals surface area contributed by atoms with E-state index in [0.717, 1.165) is 16.2 Å². The SMILES string of the molecule is CC(C)(C)OC(=O)N1O[C@H](C(=O)OCc2ccccc2)CC[C@H]1C(=O)OCc1ccccc1. The highest BCUT2D eigenvalue weighted by Gasteiger charge is 2.43. The molecule has 1 heterocycles. The molecule has 1 fully saturated rings. The van der Waals surface area contributed by atoms with Crippen LogP contribution in [0.3, 0.4) is 0 Å². The molecular weight excluding hydrogens is 426 g/mol. The summed E-state index contributed by atoms with van der Waals surface area (Å²) in [5.74, 6) is -1.26. The predicted octanol–water partition coefficient (Wildman–Crippen LogP) is 4.17. The van der Waals surface area contributed by atoms with Crippen LogP contribution in [-0.4, -0.2) is 40.8 Å². The van der Waals surface area contributed by atoms with Crippen LogP contribution in [0, 0.1) is 0 Å². The molecule has 0 aromatic heterocycles. The number of carbonyl (C=O) groups excluding carboxylic acids is 3. The largest absolute Gasteiger partial charge is 0.459 e. The van der Waals surface area contributed by atoms with E-state index in [4.69, 9.17) is 19.0 Å². The van der Waals surface area contributed by atoms with Gasteiger partial charge in [0.15, 0.2) is 12.1 Å². The molecule has 33 heavy (non-hydrogen) atoms. The first-order valence-corrected chi connectivity index (χ1v) is 10.8. The molecule has 176 valence electrons. The third-order valence-corrected chi connectivity index (χ3v) is 4.78. The number of rotatable bonds is 6. The number of hydroxylamine groups is 2. The zero-order valence-corrected chi connectivity index (χ0v) is 19.1. The number of ether oxygens (including phenoxy) is 3. The van der Waals surface area contributed by atoms with E-state index in [1.165, 1.54) is 0 Å². The molecule has 0 aliphatic carbocycles. The van der Waals surface area contributed by atoms with Gasteiger partial charge in [0.05, 0.1) is 0 Å². The Morgan fingerprint density at radius 1 is 0.848 bits per heavy atom. The molecule has 0 spiro atoms. The van der Waals surface area contributed by atoms with Gasteiger partial charge in [-0.1, -0.05) is 60.7 Å². The minimum Gasteiger partial charge on any atom is -0.459 e. The van der Waals surface area contributed by atoms with E-state index >= 15 is 0 Å². The fraction of sp³-hybridized carbons (Fsp3) is 0.400. The summed E-state index contributed by atoms with van der Waals surface area (Å²) in [7, 11) is 0.